The lowest BCUT2D eigenvalue weighted by atomic mass is 10.2. The Kier molecular flexibility index (Phi) is 2.60. The molecule has 2 nitrogen and oxygen atoms in total. The Morgan fingerprint density at radius 3 is 2.69 bits per heavy atom. The van der Waals surface area contributed by atoms with Crippen molar-refractivity contribution < 1.29 is 0 Å². The van der Waals surface area contributed by atoms with Crippen LogP contribution in [0.4, 0.5) is 0 Å². The number of rotatable bonds is 2. The molecule has 2 heterocycles. The molecule has 0 bridgehead atoms. The van der Waals surface area contributed by atoms with Crippen molar-refractivity contribution in [3.63, 3.8) is 0 Å². The van der Waals surface area contributed by atoms with Gasteiger partial charge in [0, 0.05) is 18.4 Å². The average molecular weight is 176 g/mol. The van der Waals surface area contributed by atoms with Crippen LogP contribution in [0.15, 0.2) is 18.3 Å². The lowest BCUT2D eigenvalue weighted by Gasteiger charge is -2.13. The Labute approximate surface area is 79.6 Å². The van der Waals surface area contributed by atoms with E-state index in [0.29, 0.717) is 0 Å². The standard InChI is InChI=1S/C11H16N2/c1-10-4-5-11(8-12-10)9-13-6-2-3-7-13/h4-5,8H,2-3,6-7,9H2,1H3. The van der Waals surface area contributed by atoms with Crippen molar-refractivity contribution in [2.24, 2.45) is 0 Å². The number of hydrogen-bond acceptors (Lipinski definition) is 2. The highest BCUT2D eigenvalue weighted by Crippen LogP contribution is 2.11. The molecule has 2 rings (SSSR count). The summed E-state index contributed by atoms with van der Waals surface area (Å²) in [5.41, 5.74) is 2.44. The first-order valence-electron chi connectivity index (χ1n) is 4.98. The third kappa shape index (κ3) is 2.28. The van der Waals surface area contributed by atoms with Gasteiger partial charge >= 0.3 is 0 Å². The van der Waals surface area contributed by atoms with E-state index < -0.39 is 0 Å². The predicted octanol–water partition coefficient (Wildman–Crippen LogP) is 1.99. The van der Waals surface area contributed by atoms with Gasteiger partial charge in [-0.1, -0.05) is 6.07 Å². The van der Waals surface area contributed by atoms with Gasteiger partial charge in [0.2, 0.25) is 0 Å². The lowest BCUT2D eigenvalue weighted by molar-refractivity contribution is 0.331. The van der Waals surface area contributed by atoms with Crippen LogP contribution in [0.3, 0.4) is 0 Å². The second-order valence-corrected chi connectivity index (χ2v) is 3.79. The maximum atomic E-state index is 4.29. The van der Waals surface area contributed by atoms with E-state index in [9.17, 15) is 0 Å². The van der Waals surface area contributed by atoms with E-state index in [1.54, 1.807) is 0 Å². The van der Waals surface area contributed by atoms with Gasteiger partial charge in [-0.3, -0.25) is 9.88 Å². The van der Waals surface area contributed by atoms with E-state index in [4.69, 9.17) is 0 Å². The number of likely N-dealkylation sites (tertiary alicyclic amines) is 1. The lowest BCUT2D eigenvalue weighted by Crippen LogP contribution is -2.18. The van der Waals surface area contributed by atoms with Gasteiger partial charge in [-0.15, -0.1) is 0 Å². The Bertz CT molecular complexity index is 260. The minimum Gasteiger partial charge on any atom is -0.299 e. The Morgan fingerprint density at radius 2 is 2.08 bits per heavy atom. The van der Waals surface area contributed by atoms with Crippen molar-refractivity contribution in [3.05, 3.63) is 29.6 Å². The molecule has 13 heavy (non-hydrogen) atoms. The minimum atomic E-state index is 1.08. The van der Waals surface area contributed by atoms with Crippen molar-refractivity contribution in [1.29, 1.82) is 0 Å². The highest BCUT2D eigenvalue weighted by molar-refractivity contribution is 5.13. The first-order chi connectivity index (χ1) is 6.34. The molecule has 0 aromatic carbocycles. The average Bonchev–Trinajstić information content (AvgIpc) is 2.62. The number of hydrogen-bond donors (Lipinski definition) is 0. The monoisotopic (exact) mass is 176 g/mol. The Morgan fingerprint density at radius 1 is 1.31 bits per heavy atom. The van der Waals surface area contributed by atoms with E-state index >= 15 is 0 Å². The van der Waals surface area contributed by atoms with Crippen LogP contribution >= 0.6 is 0 Å². The summed E-state index contributed by atoms with van der Waals surface area (Å²) in [5, 5.41) is 0. The first-order valence-corrected chi connectivity index (χ1v) is 4.98. The number of aryl methyl sites for hydroxylation is 1. The van der Waals surface area contributed by atoms with Crippen LogP contribution in [0.2, 0.25) is 0 Å². The molecule has 0 N–H and O–H groups in total. The molecule has 0 saturated carbocycles. The second kappa shape index (κ2) is 3.88. The van der Waals surface area contributed by atoms with E-state index in [2.05, 4.69) is 22.0 Å². The van der Waals surface area contributed by atoms with Gasteiger partial charge < -0.3 is 0 Å². The van der Waals surface area contributed by atoms with Gasteiger partial charge in [-0.25, -0.2) is 0 Å². The highest BCUT2D eigenvalue weighted by atomic mass is 15.1. The molecule has 1 fully saturated rings. The molecule has 2 heteroatoms. The normalized spacial score (nSPS) is 17.9. The van der Waals surface area contributed by atoms with E-state index in [1.807, 2.05) is 13.1 Å². The van der Waals surface area contributed by atoms with Gasteiger partial charge in [0.1, 0.15) is 0 Å². The largest absolute Gasteiger partial charge is 0.299 e. The molecule has 1 aliphatic rings. The van der Waals surface area contributed by atoms with Gasteiger partial charge in [0.25, 0.3) is 0 Å². The number of aromatic nitrogens is 1. The summed E-state index contributed by atoms with van der Waals surface area (Å²) in [7, 11) is 0. The van der Waals surface area contributed by atoms with Crippen molar-refractivity contribution in [2.45, 2.75) is 26.3 Å². The fraction of sp³-hybridized carbons (Fsp3) is 0.545. The van der Waals surface area contributed by atoms with E-state index in [1.165, 1.54) is 31.5 Å². The number of nitrogens with zero attached hydrogens (tertiary/aromatic N) is 2. The zero-order valence-corrected chi connectivity index (χ0v) is 8.16. The van der Waals surface area contributed by atoms with Crippen molar-refractivity contribution in [3.8, 4) is 0 Å². The van der Waals surface area contributed by atoms with Crippen LogP contribution in [0.5, 0.6) is 0 Å². The molecule has 1 saturated heterocycles. The quantitative estimate of drug-likeness (QED) is 0.685. The summed E-state index contributed by atoms with van der Waals surface area (Å²) in [4.78, 5) is 6.79. The summed E-state index contributed by atoms with van der Waals surface area (Å²) >= 11 is 0. The molecule has 1 aromatic rings. The predicted molar refractivity (Wildman–Crippen MR) is 53.5 cm³/mol. The third-order valence-electron chi connectivity index (χ3n) is 2.58. The molecule has 0 atom stereocenters. The Hall–Kier alpha value is -0.890. The zero-order valence-electron chi connectivity index (χ0n) is 8.16. The number of pyridine rings is 1. The van der Waals surface area contributed by atoms with Crippen molar-refractivity contribution >= 4 is 0 Å². The maximum absolute atomic E-state index is 4.29. The third-order valence-corrected chi connectivity index (χ3v) is 2.58. The Balaban J connectivity index is 1.97. The van der Waals surface area contributed by atoms with Gasteiger partial charge in [-0.05, 0) is 44.5 Å². The smallest absolute Gasteiger partial charge is 0.0372 e. The molecular formula is C11H16N2. The molecule has 70 valence electrons. The van der Waals surface area contributed by atoms with Crippen molar-refractivity contribution in [2.75, 3.05) is 13.1 Å². The van der Waals surface area contributed by atoms with Crippen LogP contribution < -0.4 is 0 Å². The molecule has 0 amide bonds. The maximum Gasteiger partial charge on any atom is 0.0372 e. The van der Waals surface area contributed by atoms with Crippen LogP contribution in [-0.2, 0) is 6.54 Å². The van der Waals surface area contributed by atoms with Crippen LogP contribution in [0.25, 0.3) is 0 Å². The summed E-state index contributed by atoms with van der Waals surface area (Å²) in [6.07, 6.45) is 4.71. The van der Waals surface area contributed by atoms with Gasteiger partial charge in [0.15, 0.2) is 0 Å². The second-order valence-electron chi connectivity index (χ2n) is 3.79. The van der Waals surface area contributed by atoms with Crippen molar-refractivity contribution in [1.82, 2.24) is 9.88 Å². The summed E-state index contributed by atoms with van der Waals surface area (Å²) in [6.45, 7) is 5.62. The molecule has 0 radical (unpaired) electrons. The zero-order chi connectivity index (χ0) is 9.10. The summed E-state index contributed by atoms with van der Waals surface area (Å²) in [6, 6.07) is 4.27. The fourth-order valence-electron chi connectivity index (χ4n) is 1.79. The minimum absolute atomic E-state index is 1.08. The van der Waals surface area contributed by atoms with E-state index in [0.717, 1.165) is 12.2 Å². The van der Waals surface area contributed by atoms with E-state index in [-0.39, 0.29) is 0 Å². The SMILES string of the molecule is Cc1ccc(CN2CCCC2)cn1. The molecule has 1 aliphatic heterocycles. The van der Waals surface area contributed by atoms with Gasteiger partial charge in [-0.2, -0.15) is 0 Å². The molecular weight excluding hydrogens is 160 g/mol. The molecule has 0 aliphatic carbocycles. The fourth-order valence-corrected chi connectivity index (χ4v) is 1.79. The molecule has 0 unspecified atom stereocenters. The topological polar surface area (TPSA) is 16.1 Å². The molecule has 1 aromatic heterocycles. The van der Waals surface area contributed by atoms with Gasteiger partial charge in [0.05, 0.1) is 0 Å². The first kappa shape index (κ1) is 8.70. The molecule has 0 spiro atoms. The van der Waals surface area contributed by atoms with Crippen LogP contribution in [0.1, 0.15) is 24.1 Å². The highest BCUT2D eigenvalue weighted by Gasteiger charge is 2.11. The van der Waals surface area contributed by atoms with Crippen LogP contribution in [-0.4, -0.2) is 23.0 Å². The summed E-state index contributed by atoms with van der Waals surface area (Å²) in [5.74, 6) is 0. The van der Waals surface area contributed by atoms with Crippen LogP contribution in [0, 0.1) is 6.92 Å². The summed E-state index contributed by atoms with van der Waals surface area (Å²) < 4.78 is 0.